The standard InChI is InChI=1S/C21H24ClNO5S/c1-5-27-20(24)19-13-23(17-12-15(22)8-11-18(17)28-19)29(25,26)16-9-6-14(7-10-16)21(2,3)4/h6-12,19H,5,13H2,1-4H3/t19-/m0/s1. The average molecular weight is 438 g/mol. The Balaban J connectivity index is 2.04. The molecule has 0 radical (unpaired) electrons. The highest BCUT2D eigenvalue weighted by atomic mass is 35.5. The zero-order valence-corrected chi connectivity index (χ0v) is 18.4. The van der Waals surface area contributed by atoms with Crippen molar-refractivity contribution in [3.05, 3.63) is 53.1 Å². The van der Waals surface area contributed by atoms with Crippen molar-refractivity contribution in [2.45, 2.75) is 44.1 Å². The van der Waals surface area contributed by atoms with Gasteiger partial charge in [0.15, 0.2) is 0 Å². The summed E-state index contributed by atoms with van der Waals surface area (Å²) in [6.07, 6.45) is -1.06. The van der Waals surface area contributed by atoms with E-state index in [1.165, 1.54) is 6.07 Å². The summed E-state index contributed by atoms with van der Waals surface area (Å²) in [5, 5.41) is 0.366. The molecule has 1 aliphatic rings. The van der Waals surface area contributed by atoms with Crippen LogP contribution in [0.4, 0.5) is 5.69 Å². The Bertz CT molecular complexity index is 1010. The fraction of sp³-hybridized carbons (Fsp3) is 0.381. The Kier molecular flexibility index (Phi) is 5.83. The number of hydrogen-bond donors (Lipinski definition) is 0. The van der Waals surface area contributed by atoms with Crippen LogP contribution in [0.1, 0.15) is 33.3 Å². The minimum atomic E-state index is -3.95. The van der Waals surface area contributed by atoms with Gasteiger partial charge in [0.25, 0.3) is 10.0 Å². The first-order chi connectivity index (χ1) is 13.5. The lowest BCUT2D eigenvalue weighted by molar-refractivity contribution is -0.151. The van der Waals surface area contributed by atoms with Crippen LogP contribution in [0.25, 0.3) is 0 Å². The molecule has 3 rings (SSSR count). The van der Waals surface area contributed by atoms with Crippen molar-refractivity contribution >= 4 is 33.3 Å². The molecule has 0 unspecified atom stereocenters. The molecule has 29 heavy (non-hydrogen) atoms. The molecular formula is C21H24ClNO5S. The average Bonchev–Trinajstić information content (AvgIpc) is 2.66. The van der Waals surface area contributed by atoms with Crippen LogP contribution < -0.4 is 9.04 Å². The Labute approximate surface area is 176 Å². The molecule has 2 aromatic carbocycles. The molecule has 0 amide bonds. The van der Waals surface area contributed by atoms with Crippen LogP contribution in [0.3, 0.4) is 0 Å². The molecular weight excluding hydrogens is 414 g/mol. The molecule has 0 aliphatic carbocycles. The normalized spacial score (nSPS) is 16.7. The van der Waals surface area contributed by atoms with Gasteiger partial charge in [0.05, 0.1) is 23.7 Å². The lowest BCUT2D eigenvalue weighted by Gasteiger charge is -2.34. The van der Waals surface area contributed by atoms with Gasteiger partial charge in [-0.25, -0.2) is 13.2 Å². The van der Waals surface area contributed by atoms with E-state index in [1.54, 1.807) is 43.3 Å². The van der Waals surface area contributed by atoms with E-state index in [-0.39, 0.29) is 34.9 Å². The molecule has 0 saturated heterocycles. The van der Waals surface area contributed by atoms with Crippen molar-refractivity contribution in [3.8, 4) is 5.75 Å². The van der Waals surface area contributed by atoms with Gasteiger partial charge in [0.1, 0.15) is 5.75 Å². The number of anilines is 1. The van der Waals surface area contributed by atoms with Crippen molar-refractivity contribution in [1.29, 1.82) is 0 Å². The SMILES string of the molecule is CCOC(=O)[C@@H]1CN(S(=O)(=O)c2ccc(C(C)(C)C)cc2)c2cc(Cl)ccc2O1. The number of rotatable bonds is 4. The molecule has 0 spiro atoms. The summed E-state index contributed by atoms with van der Waals surface area (Å²) in [4.78, 5) is 12.4. The summed E-state index contributed by atoms with van der Waals surface area (Å²) in [5.41, 5.74) is 1.21. The molecule has 156 valence electrons. The van der Waals surface area contributed by atoms with Crippen LogP contribution in [0.5, 0.6) is 5.75 Å². The Hall–Kier alpha value is -2.25. The number of sulfonamides is 1. The van der Waals surface area contributed by atoms with Crippen molar-refractivity contribution < 1.29 is 22.7 Å². The Morgan fingerprint density at radius 1 is 1.21 bits per heavy atom. The van der Waals surface area contributed by atoms with E-state index < -0.39 is 22.1 Å². The van der Waals surface area contributed by atoms with E-state index in [0.717, 1.165) is 9.87 Å². The molecule has 1 atom stereocenters. The molecule has 0 bridgehead atoms. The monoisotopic (exact) mass is 437 g/mol. The quantitative estimate of drug-likeness (QED) is 0.671. The lowest BCUT2D eigenvalue weighted by Crippen LogP contribution is -2.47. The van der Waals surface area contributed by atoms with Gasteiger partial charge in [0.2, 0.25) is 6.10 Å². The first-order valence-corrected chi connectivity index (χ1v) is 11.1. The first kappa shape index (κ1) is 21.5. The van der Waals surface area contributed by atoms with Gasteiger partial charge >= 0.3 is 5.97 Å². The highest BCUT2D eigenvalue weighted by Crippen LogP contribution is 2.39. The number of benzene rings is 2. The van der Waals surface area contributed by atoms with E-state index in [0.29, 0.717) is 5.02 Å². The number of carbonyl (C=O) groups excluding carboxylic acids is 1. The van der Waals surface area contributed by atoms with E-state index in [4.69, 9.17) is 21.1 Å². The molecule has 1 aliphatic heterocycles. The van der Waals surface area contributed by atoms with Crippen LogP contribution >= 0.6 is 11.6 Å². The summed E-state index contributed by atoms with van der Waals surface area (Å²) in [5.74, 6) is -0.357. The molecule has 0 fully saturated rings. The van der Waals surface area contributed by atoms with Crippen LogP contribution in [0, 0.1) is 0 Å². The lowest BCUT2D eigenvalue weighted by atomic mass is 9.87. The highest BCUT2D eigenvalue weighted by molar-refractivity contribution is 7.92. The second kappa shape index (κ2) is 7.88. The second-order valence-corrected chi connectivity index (χ2v) is 10.1. The molecule has 0 aromatic heterocycles. The van der Waals surface area contributed by atoms with E-state index in [9.17, 15) is 13.2 Å². The zero-order valence-electron chi connectivity index (χ0n) is 16.8. The maximum Gasteiger partial charge on any atom is 0.349 e. The van der Waals surface area contributed by atoms with Crippen molar-refractivity contribution in [2.24, 2.45) is 0 Å². The number of fused-ring (bicyclic) bond motifs is 1. The van der Waals surface area contributed by atoms with Gasteiger partial charge in [0, 0.05) is 5.02 Å². The smallest absolute Gasteiger partial charge is 0.349 e. The molecule has 6 nitrogen and oxygen atoms in total. The van der Waals surface area contributed by atoms with Crippen LogP contribution in [0.2, 0.25) is 5.02 Å². The Morgan fingerprint density at radius 3 is 2.45 bits per heavy atom. The van der Waals surface area contributed by atoms with Gasteiger partial charge in [-0.2, -0.15) is 0 Å². The van der Waals surface area contributed by atoms with E-state index in [2.05, 4.69) is 20.8 Å². The fourth-order valence-corrected chi connectivity index (χ4v) is 4.70. The second-order valence-electron chi connectivity index (χ2n) is 7.78. The number of ether oxygens (including phenoxy) is 2. The summed E-state index contributed by atoms with van der Waals surface area (Å²) in [7, 11) is -3.95. The van der Waals surface area contributed by atoms with Crippen LogP contribution in [-0.2, 0) is 25.0 Å². The molecule has 2 aromatic rings. The largest absolute Gasteiger partial charge is 0.475 e. The molecule has 1 heterocycles. The van der Waals surface area contributed by atoms with Crippen molar-refractivity contribution in [3.63, 3.8) is 0 Å². The zero-order chi connectivity index (χ0) is 21.4. The Morgan fingerprint density at radius 2 is 1.86 bits per heavy atom. The van der Waals surface area contributed by atoms with Crippen molar-refractivity contribution in [1.82, 2.24) is 0 Å². The molecule has 8 heteroatoms. The van der Waals surface area contributed by atoms with Crippen molar-refractivity contribution in [2.75, 3.05) is 17.5 Å². The predicted molar refractivity (Wildman–Crippen MR) is 112 cm³/mol. The third-order valence-corrected chi connectivity index (χ3v) is 6.68. The first-order valence-electron chi connectivity index (χ1n) is 9.30. The number of nitrogens with zero attached hydrogens (tertiary/aromatic N) is 1. The summed E-state index contributed by atoms with van der Waals surface area (Å²) in [6.45, 7) is 7.82. The van der Waals surface area contributed by atoms with E-state index in [1.807, 2.05) is 0 Å². The fourth-order valence-electron chi connectivity index (χ4n) is 3.06. The number of hydrogen-bond acceptors (Lipinski definition) is 5. The minimum absolute atomic E-state index is 0.101. The summed E-state index contributed by atoms with van der Waals surface area (Å²) < 4.78 is 38.7. The number of esters is 1. The van der Waals surface area contributed by atoms with Gasteiger partial charge < -0.3 is 9.47 Å². The summed E-state index contributed by atoms with van der Waals surface area (Å²) >= 11 is 6.09. The van der Waals surface area contributed by atoms with Crippen LogP contribution in [-0.4, -0.2) is 33.6 Å². The van der Waals surface area contributed by atoms with Gasteiger partial charge in [-0.3, -0.25) is 4.31 Å². The maximum atomic E-state index is 13.4. The van der Waals surface area contributed by atoms with Gasteiger partial charge in [-0.1, -0.05) is 44.5 Å². The predicted octanol–water partition coefficient (Wildman–Crippen LogP) is 4.16. The number of carbonyl (C=O) groups is 1. The van der Waals surface area contributed by atoms with Gasteiger partial charge in [-0.05, 0) is 48.2 Å². The highest BCUT2D eigenvalue weighted by Gasteiger charge is 2.38. The third-order valence-electron chi connectivity index (χ3n) is 4.65. The topological polar surface area (TPSA) is 72.9 Å². The van der Waals surface area contributed by atoms with Crippen LogP contribution in [0.15, 0.2) is 47.4 Å². The van der Waals surface area contributed by atoms with E-state index >= 15 is 0 Å². The summed E-state index contributed by atoms with van der Waals surface area (Å²) in [6, 6.07) is 11.4. The maximum absolute atomic E-state index is 13.4. The third kappa shape index (κ3) is 4.36. The number of halogens is 1. The minimum Gasteiger partial charge on any atom is -0.475 e. The molecule has 0 N–H and O–H groups in total. The van der Waals surface area contributed by atoms with Gasteiger partial charge in [-0.15, -0.1) is 0 Å². The molecule has 0 saturated carbocycles.